The van der Waals surface area contributed by atoms with Gasteiger partial charge in [-0.15, -0.1) is 0 Å². The molecule has 1 amide bonds. The molecule has 0 radical (unpaired) electrons. The van der Waals surface area contributed by atoms with Crippen LogP contribution in [-0.4, -0.2) is 87.5 Å². The molecule has 1 saturated heterocycles. The minimum Gasteiger partial charge on any atom is -0.394 e. The van der Waals surface area contributed by atoms with Gasteiger partial charge in [0, 0.05) is 6.42 Å². The average molecular weight is 1000 g/mol. The first-order chi connectivity index (χ1) is 34.8. The first kappa shape index (κ1) is 66.9. The summed E-state index contributed by atoms with van der Waals surface area (Å²) in [4.78, 5) is 13.0. The van der Waals surface area contributed by atoms with E-state index in [1.54, 1.807) is 6.08 Å². The van der Waals surface area contributed by atoms with Crippen molar-refractivity contribution in [1.82, 2.24) is 5.32 Å². The van der Waals surface area contributed by atoms with Gasteiger partial charge in [0.1, 0.15) is 24.4 Å². The van der Waals surface area contributed by atoms with E-state index < -0.39 is 49.5 Å². The number of carbonyl (C=O) groups excluding carboxylic acids is 1. The number of allylic oxidation sites excluding steroid dienone is 9. The highest BCUT2D eigenvalue weighted by Gasteiger charge is 2.44. The van der Waals surface area contributed by atoms with Crippen LogP contribution in [0.25, 0.3) is 0 Å². The van der Waals surface area contributed by atoms with Gasteiger partial charge in [0.2, 0.25) is 5.91 Å². The molecule has 1 fully saturated rings. The predicted octanol–water partition coefficient (Wildman–Crippen LogP) is 15.1. The van der Waals surface area contributed by atoms with E-state index in [-0.39, 0.29) is 12.5 Å². The third-order valence-corrected chi connectivity index (χ3v) is 14.1. The molecule has 9 heteroatoms. The lowest BCUT2D eigenvalue weighted by atomic mass is 9.99. The number of carbonyl (C=O) groups is 1. The number of aliphatic hydroxyl groups excluding tert-OH is 5. The van der Waals surface area contributed by atoms with E-state index in [1.807, 2.05) is 6.08 Å². The fourth-order valence-corrected chi connectivity index (χ4v) is 9.39. The molecule has 9 nitrogen and oxygen atoms in total. The Morgan fingerprint density at radius 2 is 0.873 bits per heavy atom. The summed E-state index contributed by atoms with van der Waals surface area (Å²) in [6.07, 6.45) is 63.1. The molecule has 1 aliphatic rings. The number of hydrogen-bond acceptors (Lipinski definition) is 8. The monoisotopic (exact) mass is 1000 g/mol. The van der Waals surface area contributed by atoms with E-state index in [1.165, 1.54) is 173 Å². The second kappa shape index (κ2) is 51.4. The summed E-state index contributed by atoms with van der Waals surface area (Å²) in [7, 11) is 0. The average Bonchev–Trinajstić information content (AvgIpc) is 3.37. The summed E-state index contributed by atoms with van der Waals surface area (Å²) < 4.78 is 11.3. The first-order valence-corrected chi connectivity index (χ1v) is 30.0. The van der Waals surface area contributed by atoms with E-state index in [9.17, 15) is 30.3 Å². The number of amides is 1. The maximum absolute atomic E-state index is 13.0. The molecule has 0 saturated carbocycles. The highest BCUT2D eigenvalue weighted by atomic mass is 16.7. The van der Waals surface area contributed by atoms with Crippen LogP contribution in [-0.2, 0) is 14.3 Å². The maximum Gasteiger partial charge on any atom is 0.220 e. The second-order valence-electron chi connectivity index (χ2n) is 20.8. The van der Waals surface area contributed by atoms with Gasteiger partial charge >= 0.3 is 0 Å². The van der Waals surface area contributed by atoms with Crippen molar-refractivity contribution in [3.8, 4) is 0 Å². The van der Waals surface area contributed by atoms with Gasteiger partial charge in [-0.1, -0.05) is 267 Å². The van der Waals surface area contributed by atoms with Crippen molar-refractivity contribution in [2.45, 2.75) is 314 Å². The molecule has 0 aromatic heterocycles. The number of ether oxygens (including phenoxy) is 2. The molecule has 1 heterocycles. The number of hydrogen-bond donors (Lipinski definition) is 6. The Bertz CT molecular complexity index is 1300. The molecule has 414 valence electrons. The van der Waals surface area contributed by atoms with E-state index in [2.05, 4.69) is 67.8 Å². The number of nitrogens with one attached hydrogen (secondary N) is 1. The van der Waals surface area contributed by atoms with Crippen LogP contribution < -0.4 is 5.32 Å². The van der Waals surface area contributed by atoms with Crippen molar-refractivity contribution in [2.24, 2.45) is 0 Å². The molecule has 0 aliphatic carbocycles. The fourth-order valence-electron chi connectivity index (χ4n) is 9.39. The Morgan fingerprint density at radius 3 is 1.30 bits per heavy atom. The number of aliphatic hydroxyl groups is 5. The van der Waals surface area contributed by atoms with Gasteiger partial charge in [-0.05, 0) is 57.8 Å². The quantitative estimate of drug-likeness (QED) is 0.0261. The van der Waals surface area contributed by atoms with Crippen molar-refractivity contribution in [3.05, 3.63) is 60.8 Å². The minimum absolute atomic E-state index is 0.199. The third kappa shape index (κ3) is 40.9. The normalized spacial score (nSPS) is 19.7. The van der Waals surface area contributed by atoms with Crippen LogP contribution in [0.5, 0.6) is 0 Å². The molecule has 1 aliphatic heterocycles. The van der Waals surface area contributed by atoms with E-state index in [0.29, 0.717) is 6.42 Å². The Morgan fingerprint density at radius 1 is 0.493 bits per heavy atom. The summed E-state index contributed by atoms with van der Waals surface area (Å²) in [6, 6.07) is -0.821. The SMILES string of the molecule is CC/C=C\C/C=C\C/C=C\C/C=C\CCCCCCC(=O)NC(COC1OC(CO)C(O)C(O)C1O)C(O)/C=C/CCCCCCCCCCCCCCCCCCCCCCCCCCCCCCC. The van der Waals surface area contributed by atoms with Crippen molar-refractivity contribution < 1.29 is 39.8 Å². The number of rotatable bonds is 51. The van der Waals surface area contributed by atoms with Crippen LogP contribution in [0.15, 0.2) is 60.8 Å². The van der Waals surface area contributed by atoms with Gasteiger partial charge in [0.05, 0.1) is 25.4 Å². The van der Waals surface area contributed by atoms with E-state index in [0.717, 1.165) is 77.0 Å². The third-order valence-electron chi connectivity index (χ3n) is 14.1. The van der Waals surface area contributed by atoms with Crippen molar-refractivity contribution in [3.63, 3.8) is 0 Å². The van der Waals surface area contributed by atoms with Crippen LogP contribution in [0, 0.1) is 0 Å². The maximum atomic E-state index is 13.0. The minimum atomic E-state index is -1.57. The highest BCUT2D eigenvalue weighted by Crippen LogP contribution is 2.23. The molecular weight excluding hydrogens is 887 g/mol. The van der Waals surface area contributed by atoms with Crippen LogP contribution >= 0.6 is 0 Å². The topological polar surface area (TPSA) is 149 Å². The largest absolute Gasteiger partial charge is 0.394 e. The van der Waals surface area contributed by atoms with Crippen LogP contribution in [0.4, 0.5) is 0 Å². The van der Waals surface area contributed by atoms with Gasteiger partial charge in [-0.3, -0.25) is 4.79 Å². The zero-order valence-electron chi connectivity index (χ0n) is 46.0. The van der Waals surface area contributed by atoms with Gasteiger partial charge in [0.15, 0.2) is 6.29 Å². The van der Waals surface area contributed by atoms with Crippen molar-refractivity contribution in [1.29, 1.82) is 0 Å². The molecule has 0 spiro atoms. The lowest BCUT2D eigenvalue weighted by molar-refractivity contribution is -0.302. The van der Waals surface area contributed by atoms with Gasteiger partial charge in [-0.2, -0.15) is 0 Å². The van der Waals surface area contributed by atoms with E-state index >= 15 is 0 Å². The first-order valence-electron chi connectivity index (χ1n) is 30.0. The standard InChI is InChI=1S/C62H113NO8/c1-3-5-7-9-11-13-15-17-19-21-22-23-24-25-26-27-28-29-30-31-32-33-34-36-37-39-41-43-45-47-49-51-56(65)55(54-70-62-61(69)60(68)59(67)57(53-64)71-62)63-58(66)52-50-48-46-44-42-40-38-35-20-18-16-14-12-10-8-6-4-2/h6,8,12,14,18,20,38,40,49,51,55-57,59-62,64-65,67-69H,3-5,7,9-11,13,15-17,19,21-37,39,41-48,50,52-54H2,1-2H3,(H,63,66)/b8-6-,14-12-,20-18-,40-38-,51-49+. The molecule has 71 heavy (non-hydrogen) atoms. The molecule has 0 bridgehead atoms. The Labute approximate surface area is 436 Å². The summed E-state index contributed by atoms with van der Waals surface area (Å²) in [6.45, 7) is 3.67. The van der Waals surface area contributed by atoms with Crippen LogP contribution in [0.2, 0.25) is 0 Å². The zero-order valence-corrected chi connectivity index (χ0v) is 46.0. The Hall–Kier alpha value is -2.11. The lowest BCUT2D eigenvalue weighted by Crippen LogP contribution is -2.60. The number of unbranched alkanes of at least 4 members (excludes halogenated alkanes) is 33. The fraction of sp³-hybridized carbons (Fsp3) is 0.823. The summed E-state index contributed by atoms with van der Waals surface area (Å²) in [5, 5.41) is 54.5. The van der Waals surface area contributed by atoms with Crippen LogP contribution in [0.1, 0.15) is 271 Å². The Kier molecular flexibility index (Phi) is 48.4. The predicted molar refractivity (Wildman–Crippen MR) is 299 cm³/mol. The molecule has 0 aromatic rings. The van der Waals surface area contributed by atoms with Crippen molar-refractivity contribution in [2.75, 3.05) is 13.2 Å². The van der Waals surface area contributed by atoms with Gasteiger partial charge in [0.25, 0.3) is 0 Å². The zero-order chi connectivity index (χ0) is 51.5. The van der Waals surface area contributed by atoms with E-state index in [4.69, 9.17) is 9.47 Å². The molecule has 0 aromatic carbocycles. The molecular formula is C62H113NO8. The van der Waals surface area contributed by atoms with Gasteiger partial charge in [-0.25, -0.2) is 0 Å². The molecule has 6 N–H and O–H groups in total. The summed E-state index contributed by atoms with van der Waals surface area (Å²) in [5.41, 5.74) is 0. The second-order valence-corrected chi connectivity index (χ2v) is 20.8. The van der Waals surface area contributed by atoms with Gasteiger partial charge < -0.3 is 40.3 Å². The smallest absolute Gasteiger partial charge is 0.220 e. The van der Waals surface area contributed by atoms with Crippen molar-refractivity contribution >= 4 is 5.91 Å². The van der Waals surface area contributed by atoms with Crippen LogP contribution in [0.3, 0.4) is 0 Å². The molecule has 7 atom stereocenters. The Balaban J connectivity index is 2.18. The summed E-state index contributed by atoms with van der Waals surface area (Å²) in [5.74, 6) is -0.199. The summed E-state index contributed by atoms with van der Waals surface area (Å²) >= 11 is 0. The molecule has 7 unspecified atom stereocenters. The highest BCUT2D eigenvalue weighted by molar-refractivity contribution is 5.76. The molecule has 1 rings (SSSR count). The lowest BCUT2D eigenvalue weighted by Gasteiger charge is -2.40.